The lowest BCUT2D eigenvalue weighted by molar-refractivity contribution is 0.129. The molecule has 0 saturated carbocycles. The Balaban J connectivity index is 1.78. The van der Waals surface area contributed by atoms with E-state index in [-0.39, 0.29) is 24.7 Å². The van der Waals surface area contributed by atoms with Crippen LogP contribution in [-0.4, -0.2) is 47.3 Å². The number of carbonyl (C=O) groups excluding carboxylic acids is 1. The fraction of sp³-hybridized carbons (Fsp3) is 0.588. The molecule has 2 rings (SSSR count). The van der Waals surface area contributed by atoms with Crippen molar-refractivity contribution in [2.75, 3.05) is 13.2 Å². The van der Waals surface area contributed by atoms with E-state index in [1.807, 2.05) is 6.07 Å². The number of aliphatic hydroxyl groups is 1. The maximum absolute atomic E-state index is 11.8. The minimum atomic E-state index is -0.212. The van der Waals surface area contributed by atoms with Crippen molar-refractivity contribution in [3.05, 3.63) is 35.9 Å². The van der Waals surface area contributed by atoms with Crippen molar-refractivity contribution in [1.29, 1.82) is 0 Å². The van der Waals surface area contributed by atoms with Crippen LogP contribution in [0.1, 0.15) is 32.3 Å². The van der Waals surface area contributed by atoms with E-state index < -0.39 is 0 Å². The van der Waals surface area contributed by atoms with Crippen LogP contribution in [0.5, 0.6) is 0 Å². The molecule has 5 nitrogen and oxygen atoms in total. The summed E-state index contributed by atoms with van der Waals surface area (Å²) in [5, 5.41) is 14.7. The zero-order valence-electron chi connectivity index (χ0n) is 13.5. The van der Waals surface area contributed by atoms with Crippen LogP contribution in [0.4, 0.5) is 4.79 Å². The molecule has 1 saturated heterocycles. The fourth-order valence-corrected chi connectivity index (χ4v) is 2.90. The zero-order valence-corrected chi connectivity index (χ0v) is 13.5. The van der Waals surface area contributed by atoms with Gasteiger partial charge in [-0.25, -0.2) is 4.79 Å². The molecule has 3 atom stereocenters. The lowest BCUT2D eigenvalue weighted by atomic mass is 9.97. The molecule has 2 amide bonds. The monoisotopic (exact) mass is 305 g/mol. The van der Waals surface area contributed by atoms with Gasteiger partial charge in [-0.1, -0.05) is 30.3 Å². The highest BCUT2D eigenvalue weighted by atomic mass is 16.3. The SMILES string of the molecule is CC1CC(NC(=O)N[C@@H](C)CO)CCN1Cc1ccccc1. The Morgan fingerprint density at radius 2 is 2.14 bits per heavy atom. The predicted octanol–water partition coefficient (Wildman–Crippen LogP) is 1.72. The molecule has 0 aliphatic carbocycles. The predicted molar refractivity (Wildman–Crippen MR) is 87.6 cm³/mol. The summed E-state index contributed by atoms with van der Waals surface area (Å²) in [6.07, 6.45) is 1.91. The van der Waals surface area contributed by atoms with Crippen LogP contribution in [-0.2, 0) is 6.54 Å². The van der Waals surface area contributed by atoms with Crippen molar-refractivity contribution in [1.82, 2.24) is 15.5 Å². The lowest BCUT2D eigenvalue weighted by Gasteiger charge is -2.38. The van der Waals surface area contributed by atoms with E-state index in [1.54, 1.807) is 6.92 Å². The number of urea groups is 1. The van der Waals surface area contributed by atoms with Gasteiger partial charge in [0.1, 0.15) is 0 Å². The third-order valence-electron chi connectivity index (χ3n) is 4.23. The highest BCUT2D eigenvalue weighted by molar-refractivity contribution is 5.74. The number of carbonyl (C=O) groups is 1. The molecule has 1 aromatic carbocycles. The van der Waals surface area contributed by atoms with Crippen molar-refractivity contribution in [2.24, 2.45) is 0 Å². The molecule has 1 aromatic rings. The normalized spacial score (nSPS) is 23.8. The Morgan fingerprint density at radius 1 is 1.41 bits per heavy atom. The minimum absolute atomic E-state index is 0.0423. The van der Waals surface area contributed by atoms with E-state index in [1.165, 1.54) is 5.56 Å². The number of piperidine rings is 1. The summed E-state index contributed by atoms with van der Waals surface area (Å²) in [6.45, 7) is 5.90. The number of hydrogen-bond donors (Lipinski definition) is 3. The summed E-state index contributed by atoms with van der Waals surface area (Å²) < 4.78 is 0. The lowest BCUT2D eigenvalue weighted by Crippen LogP contribution is -2.52. The summed E-state index contributed by atoms with van der Waals surface area (Å²) in [5.74, 6) is 0. The third kappa shape index (κ3) is 5.00. The highest BCUT2D eigenvalue weighted by Gasteiger charge is 2.26. The van der Waals surface area contributed by atoms with Crippen LogP contribution in [0.15, 0.2) is 30.3 Å². The molecule has 0 spiro atoms. The first-order valence-corrected chi connectivity index (χ1v) is 8.04. The van der Waals surface area contributed by atoms with Gasteiger partial charge in [-0.15, -0.1) is 0 Å². The first-order valence-electron chi connectivity index (χ1n) is 8.04. The Kier molecular flexibility index (Phi) is 6.21. The average molecular weight is 305 g/mol. The first-order chi connectivity index (χ1) is 10.6. The fourth-order valence-electron chi connectivity index (χ4n) is 2.90. The molecule has 0 aromatic heterocycles. The number of hydrogen-bond acceptors (Lipinski definition) is 3. The smallest absolute Gasteiger partial charge is 0.315 e. The summed E-state index contributed by atoms with van der Waals surface area (Å²) >= 11 is 0. The maximum Gasteiger partial charge on any atom is 0.315 e. The van der Waals surface area contributed by atoms with Gasteiger partial charge in [-0.05, 0) is 32.3 Å². The van der Waals surface area contributed by atoms with Gasteiger partial charge in [0.25, 0.3) is 0 Å². The van der Waals surface area contributed by atoms with E-state index in [4.69, 9.17) is 5.11 Å². The molecule has 5 heteroatoms. The number of nitrogens with one attached hydrogen (secondary N) is 2. The summed E-state index contributed by atoms with van der Waals surface area (Å²) in [5.41, 5.74) is 1.33. The van der Waals surface area contributed by atoms with Gasteiger partial charge in [-0.3, -0.25) is 4.90 Å². The molecule has 1 fully saturated rings. The van der Waals surface area contributed by atoms with Gasteiger partial charge in [0, 0.05) is 25.2 Å². The van der Waals surface area contributed by atoms with Gasteiger partial charge in [-0.2, -0.15) is 0 Å². The quantitative estimate of drug-likeness (QED) is 0.776. The van der Waals surface area contributed by atoms with Crippen LogP contribution >= 0.6 is 0 Å². The Labute approximate surface area is 132 Å². The van der Waals surface area contributed by atoms with Gasteiger partial charge in [0.15, 0.2) is 0 Å². The van der Waals surface area contributed by atoms with E-state index in [9.17, 15) is 4.79 Å². The second-order valence-corrected chi connectivity index (χ2v) is 6.23. The Morgan fingerprint density at radius 3 is 2.77 bits per heavy atom. The number of nitrogens with zero attached hydrogens (tertiary/aromatic N) is 1. The minimum Gasteiger partial charge on any atom is -0.394 e. The van der Waals surface area contributed by atoms with Crippen molar-refractivity contribution in [2.45, 2.75) is 51.4 Å². The molecule has 2 unspecified atom stereocenters. The molecule has 0 bridgehead atoms. The van der Waals surface area contributed by atoms with Crippen LogP contribution in [0.2, 0.25) is 0 Å². The van der Waals surface area contributed by atoms with Crippen LogP contribution in [0.25, 0.3) is 0 Å². The van der Waals surface area contributed by atoms with Gasteiger partial charge >= 0.3 is 6.03 Å². The second kappa shape index (κ2) is 8.15. The third-order valence-corrected chi connectivity index (χ3v) is 4.23. The molecule has 3 N–H and O–H groups in total. The zero-order chi connectivity index (χ0) is 15.9. The largest absolute Gasteiger partial charge is 0.394 e. The molecule has 1 aliphatic rings. The van der Waals surface area contributed by atoms with E-state index in [2.05, 4.69) is 46.7 Å². The number of rotatable bonds is 5. The summed E-state index contributed by atoms with van der Waals surface area (Å²) in [6, 6.07) is 10.7. The standard InChI is InChI=1S/C17H27N3O2/c1-13(12-21)18-17(22)19-16-8-9-20(14(2)10-16)11-15-6-4-3-5-7-15/h3-7,13-14,16,21H,8-12H2,1-2H3,(H2,18,19,22)/t13-,14?,16?/m0/s1. The molecule has 1 heterocycles. The Bertz CT molecular complexity index is 466. The van der Waals surface area contributed by atoms with Crippen molar-refractivity contribution < 1.29 is 9.90 Å². The van der Waals surface area contributed by atoms with Crippen LogP contribution in [0.3, 0.4) is 0 Å². The first kappa shape index (κ1) is 16.8. The number of aliphatic hydroxyl groups excluding tert-OH is 1. The molecular weight excluding hydrogens is 278 g/mol. The average Bonchev–Trinajstić information content (AvgIpc) is 2.51. The van der Waals surface area contributed by atoms with E-state index in [0.29, 0.717) is 6.04 Å². The topological polar surface area (TPSA) is 64.6 Å². The summed E-state index contributed by atoms with van der Waals surface area (Å²) in [7, 11) is 0. The van der Waals surface area contributed by atoms with Gasteiger partial charge < -0.3 is 15.7 Å². The number of amides is 2. The maximum atomic E-state index is 11.8. The van der Waals surface area contributed by atoms with E-state index in [0.717, 1.165) is 25.9 Å². The van der Waals surface area contributed by atoms with Gasteiger partial charge in [0.2, 0.25) is 0 Å². The molecule has 122 valence electrons. The van der Waals surface area contributed by atoms with Crippen molar-refractivity contribution >= 4 is 6.03 Å². The van der Waals surface area contributed by atoms with Crippen LogP contribution < -0.4 is 10.6 Å². The molecular formula is C17H27N3O2. The number of benzene rings is 1. The molecule has 22 heavy (non-hydrogen) atoms. The second-order valence-electron chi connectivity index (χ2n) is 6.23. The summed E-state index contributed by atoms with van der Waals surface area (Å²) in [4.78, 5) is 14.3. The van der Waals surface area contributed by atoms with Gasteiger partial charge in [0.05, 0.1) is 12.6 Å². The Hall–Kier alpha value is -1.59. The molecule has 1 aliphatic heterocycles. The highest BCUT2D eigenvalue weighted by Crippen LogP contribution is 2.19. The van der Waals surface area contributed by atoms with Crippen LogP contribution in [0, 0.1) is 0 Å². The van der Waals surface area contributed by atoms with E-state index >= 15 is 0 Å². The molecule has 0 radical (unpaired) electrons. The van der Waals surface area contributed by atoms with Crippen molar-refractivity contribution in [3.8, 4) is 0 Å². The number of likely N-dealkylation sites (tertiary alicyclic amines) is 1. The van der Waals surface area contributed by atoms with Crippen molar-refractivity contribution in [3.63, 3.8) is 0 Å².